The third-order valence-corrected chi connectivity index (χ3v) is 6.22. The lowest BCUT2D eigenvalue weighted by Gasteiger charge is -2.30. The number of benzene rings is 1. The first kappa shape index (κ1) is 16.0. The van der Waals surface area contributed by atoms with Gasteiger partial charge in [0.05, 0.1) is 15.8 Å². The van der Waals surface area contributed by atoms with Crippen molar-refractivity contribution in [2.75, 3.05) is 19.6 Å². The number of piperidine rings is 1. The average molecular weight is 337 g/mol. The summed E-state index contributed by atoms with van der Waals surface area (Å²) in [5.41, 5.74) is 6.27. The van der Waals surface area contributed by atoms with Gasteiger partial charge < -0.3 is 5.73 Å². The molecule has 0 aliphatic carbocycles. The van der Waals surface area contributed by atoms with Crippen molar-refractivity contribution < 1.29 is 8.42 Å². The standard InChI is InChI=1S/C13H18Cl2N2O2S/c14-12-2-1-11(7-13(12)15)9-20(18,19)17-5-3-10(8-16)4-6-17/h1-2,7,10H,3-6,8-9,16H2. The minimum Gasteiger partial charge on any atom is -0.330 e. The maximum absolute atomic E-state index is 12.4. The molecule has 2 N–H and O–H groups in total. The van der Waals surface area contributed by atoms with Crippen molar-refractivity contribution >= 4 is 33.2 Å². The van der Waals surface area contributed by atoms with Gasteiger partial charge in [0, 0.05) is 13.1 Å². The Labute approximate surface area is 129 Å². The number of rotatable bonds is 4. The van der Waals surface area contributed by atoms with E-state index in [1.807, 2.05) is 0 Å². The molecule has 0 unspecified atom stereocenters. The van der Waals surface area contributed by atoms with Gasteiger partial charge in [0.2, 0.25) is 10.0 Å². The fraction of sp³-hybridized carbons (Fsp3) is 0.538. The summed E-state index contributed by atoms with van der Waals surface area (Å²) in [6, 6.07) is 4.92. The highest BCUT2D eigenvalue weighted by atomic mass is 35.5. The van der Waals surface area contributed by atoms with Gasteiger partial charge in [0.25, 0.3) is 0 Å². The maximum Gasteiger partial charge on any atom is 0.218 e. The lowest BCUT2D eigenvalue weighted by molar-refractivity contribution is 0.278. The zero-order valence-electron chi connectivity index (χ0n) is 11.1. The van der Waals surface area contributed by atoms with E-state index in [4.69, 9.17) is 28.9 Å². The van der Waals surface area contributed by atoms with Crippen LogP contribution in [0.15, 0.2) is 18.2 Å². The Morgan fingerprint density at radius 2 is 1.85 bits per heavy atom. The normalized spacial score (nSPS) is 18.4. The Bertz CT molecular complexity index is 570. The molecule has 0 atom stereocenters. The van der Waals surface area contributed by atoms with Crippen LogP contribution in [0.5, 0.6) is 0 Å². The second-order valence-corrected chi connectivity index (χ2v) is 7.87. The summed E-state index contributed by atoms with van der Waals surface area (Å²) in [6.45, 7) is 1.72. The van der Waals surface area contributed by atoms with Gasteiger partial charge in [-0.15, -0.1) is 0 Å². The molecule has 7 heteroatoms. The third kappa shape index (κ3) is 3.86. The van der Waals surface area contributed by atoms with Crippen LogP contribution in [0.3, 0.4) is 0 Å². The molecule has 0 spiro atoms. The highest BCUT2D eigenvalue weighted by molar-refractivity contribution is 7.88. The maximum atomic E-state index is 12.4. The molecular weight excluding hydrogens is 319 g/mol. The molecule has 1 saturated heterocycles. The van der Waals surface area contributed by atoms with Gasteiger partial charge >= 0.3 is 0 Å². The topological polar surface area (TPSA) is 63.4 Å². The van der Waals surface area contributed by atoms with Gasteiger partial charge in [-0.1, -0.05) is 29.3 Å². The molecule has 2 rings (SSSR count). The van der Waals surface area contributed by atoms with Crippen molar-refractivity contribution in [2.45, 2.75) is 18.6 Å². The third-order valence-electron chi connectivity index (χ3n) is 3.63. The molecule has 0 radical (unpaired) electrons. The minimum absolute atomic E-state index is 0.0445. The molecule has 0 amide bonds. The van der Waals surface area contributed by atoms with E-state index in [2.05, 4.69) is 0 Å². The summed E-state index contributed by atoms with van der Waals surface area (Å²) < 4.78 is 26.3. The van der Waals surface area contributed by atoms with Crippen LogP contribution in [0.25, 0.3) is 0 Å². The average Bonchev–Trinajstić information content (AvgIpc) is 2.43. The van der Waals surface area contributed by atoms with Gasteiger partial charge in [-0.05, 0) is 43.0 Å². The van der Waals surface area contributed by atoms with Crippen molar-refractivity contribution in [2.24, 2.45) is 11.7 Å². The van der Waals surface area contributed by atoms with Gasteiger partial charge in [-0.2, -0.15) is 0 Å². The molecule has 1 aromatic carbocycles. The smallest absolute Gasteiger partial charge is 0.218 e. The molecule has 1 aliphatic rings. The molecule has 1 heterocycles. The molecule has 0 bridgehead atoms. The van der Waals surface area contributed by atoms with E-state index in [0.717, 1.165) is 12.8 Å². The number of hydrogen-bond donors (Lipinski definition) is 1. The van der Waals surface area contributed by atoms with Crippen LogP contribution >= 0.6 is 23.2 Å². The quantitative estimate of drug-likeness (QED) is 0.918. The second kappa shape index (κ2) is 6.62. The second-order valence-electron chi connectivity index (χ2n) is 5.08. The lowest BCUT2D eigenvalue weighted by atomic mass is 9.99. The van der Waals surface area contributed by atoms with E-state index in [0.29, 0.717) is 41.2 Å². The van der Waals surface area contributed by atoms with Crippen LogP contribution in [-0.2, 0) is 15.8 Å². The van der Waals surface area contributed by atoms with Crippen molar-refractivity contribution in [3.8, 4) is 0 Å². The number of hydrogen-bond acceptors (Lipinski definition) is 3. The Morgan fingerprint density at radius 3 is 2.40 bits per heavy atom. The number of nitrogens with zero attached hydrogens (tertiary/aromatic N) is 1. The van der Waals surface area contributed by atoms with Crippen LogP contribution in [0, 0.1) is 5.92 Å². The predicted molar refractivity (Wildman–Crippen MR) is 82.4 cm³/mol. The van der Waals surface area contributed by atoms with Crippen LogP contribution in [0.1, 0.15) is 18.4 Å². The Balaban J connectivity index is 2.05. The lowest BCUT2D eigenvalue weighted by Crippen LogP contribution is -2.40. The summed E-state index contributed by atoms with van der Waals surface area (Å²) in [4.78, 5) is 0. The molecule has 0 saturated carbocycles. The largest absolute Gasteiger partial charge is 0.330 e. The van der Waals surface area contributed by atoms with Gasteiger partial charge in [0.1, 0.15) is 0 Å². The van der Waals surface area contributed by atoms with Crippen LogP contribution in [0.4, 0.5) is 0 Å². The summed E-state index contributed by atoms with van der Waals surface area (Å²) in [7, 11) is -3.31. The van der Waals surface area contributed by atoms with E-state index in [1.54, 1.807) is 22.5 Å². The molecule has 0 aromatic heterocycles. The first-order valence-electron chi connectivity index (χ1n) is 6.54. The van der Waals surface area contributed by atoms with Gasteiger partial charge in [-0.3, -0.25) is 0 Å². The van der Waals surface area contributed by atoms with Crippen molar-refractivity contribution in [1.29, 1.82) is 0 Å². The number of nitrogens with two attached hydrogens (primary N) is 1. The number of sulfonamides is 1. The molecule has 112 valence electrons. The predicted octanol–water partition coefficient (Wildman–Crippen LogP) is 2.49. The van der Waals surface area contributed by atoms with Crippen molar-refractivity contribution in [3.05, 3.63) is 33.8 Å². The zero-order valence-corrected chi connectivity index (χ0v) is 13.4. The highest BCUT2D eigenvalue weighted by Gasteiger charge is 2.27. The highest BCUT2D eigenvalue weighted by Crippen LogP contribution is 2.25. The van der Waals surface area contributed by atoms with E-state index in [9.17, 15) is 8.42 Å². The first-order chi connectivity index (χ1) is 9.42. The fourth-order valence-corrected chi connectivity index (χ4v) is 4.23. The Morgan fingerprint density at radius 1 is 1.20 bits per heavy atom. The molecule has 1 fully saturated rings. The molecule has 4 nitrogen and oxygen atoms in total. The van der Waals surface area contributed by atoms with E-state index in [-0.39, 0.29) is 5.75 Å². The number of halogens is 2. The van der Waals surface area contributed by atoms with Crippen LogP contribution in [-0.4, -0.2) is 32.4 Å². The Hall–Kier alpha value is -0.330. The molecule has 20 heavy (non-hydrogen) atoms. The monoisotopic (exact) mass is 336 g/mol. The first-order valence-corrected chi connectivity index (χ1v) is 8.90. The SMILES string of the molecule is NCC1CCN(S(=O)(=O)Cc2ccc(Cl)c(Cl)c2)CC1. The summed E-state index contributed by atoms with van der Waals surface area (Å²) >= 11 is 11.7. The summed E-state index contributed by atoms with van der Waals surface area (Å²) in [5.74, 6) is 0.392. The minimum atomic E-state index is -3.31. The van der Waals surface area contributed by atoms with Crippen LogP contribution in [0.2, 0.25) is 10.0 Å². The van der Waals surface area contributed by atoms with Gasteiger partial charge in [0.15, 0.2) is 0 Å². The van der Waals surface area contributed by atoms with Crippen molar-refractivity contribution in [1.82, 2.24) is 4.31 Å². The van der Waals surface area contributed by atoms with E-state index < -0.39 is 10.0 Å². The summed E-state index contributed by atoms with van der Waals surface area (Å²) in [6.07, 6.45) is 1.66. The van der Waals surface area contributed by atoms with Crippen molar-refractivity contribution in [3.63, 3.8) is 0 Å². The zero-order chi connectivity index (χ0) is 14.8. The Kier molecular flexibility index (Phi) is 5.31. The van der Waals surface area contributed by atoms with Crippen LogP contribution < -0.4 is 5.73 Å². The van der Waals surface area contributed by atoms with E-state index in [1.165, 1.54) is 0 Å². The molecular formula is C13H18Cl2N2O2S. The molecule has 1 aliphatic heterocycles. The van der Waals surface area contributed by atoms with Gasteiger partial charge in [-0.25, -0.2) is 12.7 Å². The fourth-order valence-electron chi connectivity index (χ4n) is 2.35. The molecule has 1 aromatic rings. The van der Waals surface area contributed by atoms with E-state index >= 15 is 0 Å². The summed E-state index contributed by atoms with van der Waals surface area (Å²) in [5, 5.41) is 0.804.